The summed E-state index contributed by atoms with van der Waals surface area (Å²) in [6.07, 6.45) is 3.52. The molecule has 1 fully saturated rings. The van der Waals surface area contributed by atoms with Crippen LogP contribution in [0.4, 0.5) is 5.82 Å². The van der Waals surface area contributed by atoms with Gasteiger partial charge in [-0.15, -0.1) is 0 Å². The number of aromatic hydroxyl groups is 1. The van der Waals surface area contributed by atoms with Crippen LogP contribution >= 0.6 is 15.9 Å². The molecule has 0 spiro atoms. The number of piperazine rings is 1. The largest absolute Gasteiger partial charge is 0.507 e. The second kappa shape index (κ2) is 6.79. The topological polar surface area (TPSA) is 52.0 Å². The lowest BCUT2D eigenvalue weighted by Gasteiger charge is -2.33. The normalized spacial score (nSPS) is 15.5. The highest BCUT2D eigenvalue weighted by atomic mass is 79.9. The Bertz CT molecular complexity index is 654. The molecule has 1 aliphatic heterocycles. The number of rotatable bonds is 3. The summed E-state index contributed by atoms with van der Waals surface area (Å²) in [5.74, 6) is 1.25. The molecule has 1 saturated heterocycles. The van der Waals surface area contributed by atoms with Crippen molar-refractivity contribution in [3.63, 3.8) is 0 Å². The molecule has 1 aromatic carbocycles. The number of hydrogen-bond donors (Lipinski definition) is 1. The summed E-state index contributed by atoms with van der Waals surface area (Å²) in [6, 6.07) is 11.3. The lowest BCUT2D eigenvalue weighted by atomic mass is 10.2. The molecule has 0 amide bonds. The molecule has 3 rings (SSSR count). The number of nitrogens with zero attached hydrogens (tertiary/aromatic N) is 4. The molecule has 0 saturated carbocycles. The predicted octanol–water partition coefficient (Wildman–Crippen LogP) is 2.71. The number of phenolic OH excluding ortho intramolecular Hbond substituents is 1. The van der Waals surface area contributed by atoms with E-state index in [4.69, 9.17) is 0 Å². The fraction of sp³-hybridized carbons (Fsp3) is 0.250. The van der Waals surface area contributed by atoms with Crippen molar-refractivity contribution in [3.05, 3.63) is 52.6 Å². The molecule has 0 atom stereocenters. The van der Waals surface area contributed by atoms with Gasteiger partial charge in [0.05, 0.1) is 19.3 Å². The van der Waals surface area contributed by atoms with E-state index in [1.165, 1.54) is 0 Å². The fourth-order valence-electron chi connectivity index (χ4n) is 2.35. The first kappa shape index (κ1) is 14.8. The first-order valence-electron chi connectivity index (χ1n) is 7.16. The Morgan fingerprint density at radius 1 is 1.14 bits per heavy atom. The van der Waals surface area contributed by atoms with Gasteiger partial charge < -0.3 is 10.0 Å². The summed E-state index contributed by atoms with van der Waals surface area (Å²) in [6.45, 7) is 3.45. The van der Waals surface area contributed by atoms with Crippen molar-refractivity contribution in [1.29, 1.82) is 0 Å². The average molecular weight is 361 g/mol. The van der Waals surface area contributed by atoms with E-state index in [0.29, 0.717) is 5.56 Å². The maximum Gasteiger partial charge on any atom is 0.128 e. The lowest BCUT2D eigenvalue weighted by molar-refractivity contribution is 0.271. The number of hydrogen-bond acceptors (Lipinski definition) is 5. The van der Waals surface area contributed by atoms with E-state index < -0.39 is 0 Å². The Hall–Kier alpha value is -2.08. The number of halogens is 1. The van der Waals surface area contributed by atoms with E-state index in [9.17, 15) is 5.11 Å². The van der Waals surface area contributed by atoms with Crippen LogP contribution in [0.25, 0.3) is 0 Å². The molecular formula is C16H17BrN4O. The molecule has 0 radical (unpaired) electrons. The molecule has 2 aromatic rings. The van der Waals surface area contributed by atoms with Crippen molar-refractivity contribution >= 4 is 28.0 Å². The van der Waals surface area contributed by atoms with E-state index in [0.717, 1.165) is 36.5 Å². The zero-order chi connectivity index (χ0) is 15.4. The summed E-state index contributed by atoms with van der Waals surface area (Å²) in [4.78, 5) is 6.63. The Morgan fingerprint density at radius 3 is 2.68 bits per heavy atom. The third-order valence-corrected chi connectivity index (χ3v) is 4.07. The van der Waals surface area contributed by atoms with Crippen molar-refractivity contribution in [2.45, 2.75) is 0 Å². The van der Waals surface area contributed by atoms with Crippen LogP contribution in [0.5, 0.6) is 5.75 Å². The van der Waals surface area contributed by atoms with Gasteiger partial charge in [-0.3, -0.25) is 5.01 Å². The van der Waals surface area contributed by atoms with Gasteiger partial charge in [-0.1, -0.05) is 22.0 Å². The maximum absolute atomic E-state index is 9.81. The van der Waals surface area contributed by atoms with Crippen molar-refractivity contribution in [2.75, 3.05) is 31.1 Å². The maximum atomic E-state index is 9.81. The third kappa shape index (κ3) is 3.57. The van der Waals surface area contributed by atoms with Crippen LogP contribution < -0.4 is 4.90 Å². The molecule has 114 valence electrons. The van der Waals surface area contributed by atoms with Gasteiger partial charge in [0.25, 0.3) is 0 Å². The number of benzene rings is 1. The predicted molar refractivity (Wildman–Crippen MR) is 91.4 cm³/mol. The standard InChI is InChI=1S/C16H17BrN4O/c17-14-4-5-15(22)13(11-14)12-19-21-9-7-20(8-10-21)16-3-1-2-6-18-16/h1-6,11-12,22H,7-10H2/b19-12-. The summed E-state index contributed by atoms with van der Waals surface area (Å²) in [7, 11) is 0. The number of pyridine rings is 1. The molecule has 5 nitrogen and oxygen atoms in total. The molecule has 22 heavy (non-hydrogen) atoms. The van der Waals surface area contributed by atoms with E-state index in [1.54, 1.807) is 18.3 Å². The van der Waals surface area contributed by atoms with Gasteiger partial charge in [-0.05, 0) is 30.3 Å². The zero-order valence-corrected chi connectivity index (χ0v) is 13.6. The van der Waals surface area contributed by atoms with E-state index in [-0.39, 0.29) is 5.75 Å². The Morgan fingerprint density at radius 2 is 1.95 bits per heavy atom. The van der Waals surface area contributed by atoms with Gasteiger partial charge in [-0.2, -0.15) is 5.10 Å². The molecule has 0 bridgehead atoms. The van der Waals surface area contributed by atoms with Crippen LogP contribution in [-0.4, -0.2) is 47.5 Å². The minimum Gasteiger partial charge on any atom is -0.507 e. The van der Waals surface area contributed by atoms with Crippen molar-refractivity contribution in [1.82, 2.24) is 9.99 Å². The van der Waals surface area contributed by atoms with Gasteiger partial charge in [0.2, 0.25) is 0 Å². The molecule has 1 aliphatic rings. The van der Waals surface area contributed by atoms with Gasteiger partial charge in [-0.25, -0.2) is 4.98 Å². The number of anilines is 1. The third-order valence-electron chi connectivity index (χ3n) is 3.58. The Balaban J connectivity index is 1.60. The molecule has 0 unspecified atom stereocenters. The van der Waals surface area contributed by atoms with E-state index in [1.807, 2.05) is 35.5 Å². The van der Waals surface area contributed by atoms with E-state index in [2.05, 4.69) is 30.9 Å². The second-order valence-electron chi connectivity index (χ2n) is 5.08. The highest BCUT2D eigenvalue weighted by Crippen LogP contribution is 2.20. The first-order valence-corrected chi connectivity index (χ1v) is 7.95. The van der Waals surface area contributed by atoms with Crippen LogP contribution in [0.1, 0.15) is 5.56 Å². The van der Waals surface area contributed by atoms with Crippen LogP contribution in [0.2, 0.25) is 0 Å². The summed E-state index contributed by atoms with van der Waals surface area (Å²) in [5, 5.41) is 16.3. The smallest absolute Gasteiger partial charge is 0.128 e. The molecule has 6 heteroatoms. The zero-order valence-electron chi connectivity index (χ0n) is 12.1. The highest BCUT2D eigenvalue weighted by molar-refractivity contribution is 9.10. The van der Waals surface area contributed by atoms with Crippen LogP contribution in [-0.2, 0) is 0 Å². The summed E-state index contributed by atoms with van der Waals surface area (Å²) in [5.41, 5.74) is 0.710. The van der Waals surface area contributed by atoms with Gasteiger partial charge in [0.15, 0.2) is 0 Å². The summed E-state index contributed by atoms with van der Waals surface area (Å²) >= 11 is 3.40. The molecule has 2 heterocycles. The number of aromatic nitrogens is 1. The highest BCUT2D eigenvalue weighted by Gasteiger charge is 2.16. The minimum atomic E-state index is 0.235. The van der Waals surface area contributed by atoms with Gasteiger partial charge in [0, 0.05) is 29.3 Å². The number of hydrazone groups is 1. The van der Waals surface area contributed by atoms with Crippen LogP contribution in [0, 0.1) is 0 Å². The second-order valence-corrected chi connectivity index (χ2v) is 5.99. The Kier molecular flexibility index (Phi) is 4.58. The Labute approximate surface area is 138 Å². The van der Waals surface area contributed by atoms with Gasteiger partial charge >= 0.3 is 0 Å². The summed E-state index contributed by atoms with van der Waals surface area (Å²) < 4.78 is 0.923. The van der Waals surface area contributed by atoms with Crippen molar-refractivity contribution in [2.24, 2.45) is 5.10 Å². The number of phenols is 1. The fourth-order valence-corrected chi connectivity index (χ4v) is 2.73. The minimum absolute atomic E-state index is 0.235. The van der Waals surface area contributed by atoms with E-state index >= 15 is 0 Å². The quantitative estimate of drug-likeness (QED) is 0.855. The molecule has 0 aliphatic carbocycles. The first-order chi connectivity index (χ1) is 10.7. The lowest BCUT2D eigenvalue weighted by Crippen LogP contribution is -2.44. The van der Waals surface area contributed by atoms with Crippen molar-refractivity contribution < 1.29 is 5.11 Å². The molecular weight excluding hydrogens is 344 g/mol. The van der Waals surface area contributed by atoms with Crippen molar-refractivity contribution in [3.8, 4) is 5.75 Å². The average Bonchev–Trinajstić information content (AvgIpc) is 2.57. The molecule has 1 aromatic heterocycles. The molecule has 1 N–H and O–H groups in total. The SMILES string of the molecule is Oc1ccc(Br)cc1/C=N\N1CCN(c2ccccn2)CC1. The van der Waals surface area contributed by atoms with Crippen LogP contribution in [0.3, 0.4) is 0 Å². The van der Waals surface area contributed by atoms with Crippen LogP contribution in [0.15, 0.2) is 52.2 Å². The van der Waals surface area contributed by atoms with Gasteiger partial charge in [0.1, 0.15) is 11.6 Å². The monoisotopic (exact) mass is 360 g/mol.